The van der Waals surface area contributed by atoms with E-state index in [1.807, 2.05) is 0 Å². The summed E-state index contributed by atoms with van der Waals surface area (Å²) in [5.74, 6) is 0. The average molecular weight is 470 g/mol. The van der Waals surface area contributed by atoms with E-state index in [4.69, 9.17) is 0 Å². The third kappa shape index (κ3) is 15.4. The zero-order valence-corrected chi connectivity index (χ0v) is 21.9. The third-order valence-electron chi connectivity index (χ3n) is 6.94. The molecule has 0 aromatic heterocycles. The molecule has 0 saturated carbocycles. The predicted octanol–water partition coefficient (Wildman–Crippen LogP) is 9.35. The number of halogens is 1. The molecule has 0 atom stereocenters. The SMILES string of the molecule is CCCCCCCCCCCCCCCCCCP(Br)(CC)(CC)CC.O. The van der Waals surface area contributed by atoms with E-state index in [1.165, 1.54) is 127 Å². The second-order valence-corrected chi connectivity index (χ2v) is 20.8. The Labute approximate surface area is 181 Å². The van der Waals surface area contributed by atoms with E-state index in [0.717, 1.165) is 0 Å². The van der Waals surface area contributed by atoms with Crippen molar-refractivity contribution in [2.75, 3.05) is 24.6 Å². The Morgan fingerprint density at radius 1 is 0.444 bits per heavy atom. The molecule has 1 nitrogen and oxygen atoms in total. The van der Waals surface area contributed by atoms with E-state index in [1.54, 1.807) is 0 Å². The van der Waals surface area contributed by atoms with Crippen molar-refractivity contribution in [3.05, 3.63) is 0 Å². The van der Waals surface area contributed by atoms with Gasteiger partial charge in [0.1, 0.15) is 0 Å². The summed E-state index contributed by atoms with van der Waals surface area (Å²) in [4.78, 5) is 0. The van der Waals surface area contributed by atoms with Crippen LogP contribution in [0.1, 0.15) is 130 Å². The minimum Gasteiger partial charge on any atom is -0.412 e. The van der Waals surface area contributed by atoms with Gasteiger partial charge >= 0.3 is 137 Å². The molecule has 0 heterocycles. The van der Waals surface area contributed by atoms with Gasteiger partial charge in [0.05, 0.1) is 0 Å². The molecule has 0 radical (unpaired) electrons. The van der Waals surface area contributed by atoms with Crippen LogP contribution in [0.15, 0.2) is 0 Å². The van der Waals surface area contributed by atoms with Crippen LogP contribution in [0.5, 0.6) is 0 Å². The van der Waals surface area contributed by atoms with Gasteiger partial charge in [0.15, 0.2) is 0 Å². The molecule has 0 spiro atoms. The molecule has 0 unspecified atom stereocenters. The number of hydrogen-bond donors (Lipinski definition) is 0. The first-order valence-electron chi connectivity index (χ1n) is 12.3. The van der Waals surface area contributed by atoms with Crippen LogP contribution < -0.4 is 0 Å². The summed E-state index contributed by atoms with van der Waals surface area (Å²) in [5, 5.41) is -1.48. The van der Waals surface area contributed by atoms with Gasteiger partial charge in [-0.1, -0.05) is 39.0 Å². The number of hydrogen-bond acceptors (Lipinski definition) is 0. The fourth-order valence-corrected chi connectivity index (χ4v) is 8.26. The van der Waals surface area contributed by atoms with E-state index >= 15 is 0 Å². The molecule has 0 aromatic carbocycles. The van der Waals surface area contributed by atoms with Gasteiger partial charge in [-0.3, -0.25) is 0 Å². The zero-order chi connectivity index (χ0) is 19.6. The van der Waals surface area contributed by atoms with E-state index in [-0.39, 0.29) is 5.48 Å². The molecule has 0 aliphatic heterocycles. The Bertz CT molecular complexity index is 294. The predicted molar refractivity (Wildman–Crippen MR) is 135 cm³/mol. The van der Waals surface area contributed by atoms with Crippen molar-refractivity contribution in [3.63, 3.8) is 0 Å². The summed E-state index contributed by atoms with van der Waals surface area (Å²) >= 11 is 4.27. The van der Waals surface area contributed by atoms with Gasteiger partial charge in [0.2, 0.25) is 0 Å². The molecule has 0 aliphatic carbocycles. The summed E-state index contributed by atoms with van der Waals surface area (Å²) < 4.78 is 0. The summed E-state index contributed by atoms with van der Waals surface area (Å²) in [5.41, 5.74) is 0. The summed E-state index contributed by atoms with van der Waals surface area (Å²) in [6.07, 6.45) is 29.1. The molecule has 2 N–H and O–H groups in total. The fraction of sp³-hybridized carbons (Fsp3) is 1.00. The van der Waals surface area contributed by atoms with Crippen LogP contribution in [-0.2, 0) is 0 Å². The van der Waals surface area contributed by atoms with Crippen LogP contribution in [0.2, 0.25) is 0 Å². The van der Waals surface area contributed by atoms with Gasteiger partial charge in [0, 0.05) is 0 Å². The maximum absolute atomic E-state index is 4.27. The molecule has 0 rings (SSSR count). The maximum atomic E-state index is 4.27. The van der Waals surface area contributed by atoms with Crippen LogP contribution in [0.25, 0.3) is 0 Å². The van der Waals surface area contributed by atoms with Crippen LogP contribution in [0.4, 0.5) is 0 Å². The minimum atomic E-state index is -1.48. The molecule has 3 heteroatoms. The minimum absolute atomic E-state index is 0. The summed E-state index contributed by atoms with van der Waals surface area (Å²) in [6.45, 7) is 9.53. The van der Waals surface area contributed by atoms with E-state index < -0.39 is 5.31 Å². The molecular formula is C24H54BrOP. The number of rotatable bonds is 20. The van der Waals surface area contributed by atoms with Crippen molar-refractivity contribution in [1.82, 2.24) is 0 Å². The topological polar surface area (TPSA) is 31.5 Å². The largest absolute Gasteiger partial charge is 0.412 e. The quantitative estimate of drug-likeness (QED) is 0.126. The Hall–Kier alpha value is 0.870. The standard InChI is InChI=1S/C24H52BrP.H2O/c1-5-9-10-11-12-13-14-15-16-17-18-19-20-21-22-23-24-26(25,6-2,7-3)8-4;/h5-24H2,1-4H3;1H2. The van der Waals surface area contributed by atoms with Crippen LogP contribution in [0, 0.1) is 0 Å². The fourth-order valence-electron chi connectivity index (χ4n) is 4.20. The van der Waals surface area contributed by atoms with Gasteiger partial charge in [-0.15, -0.1) is 0 Å². The second-order valence-electron chi connectivity index (χ2n) is 8.80. The molecule has 0 aliphatic rings. The maximum Gasteiger partial charge on any atom is -0.412 e. The average Bonchev–Trinajstić information content (AvgIpc) is 2.68. The van der Waals surface area contributed by atoms with Crippen LogP contribution in [-0.4, -0.2) is 30.1 Å². The van der Waals surface area contributed by atoms with Crippen LogP contribution >= 0.6 is 20.8 Å². The Morgan fingerprint density at radius 2 is 0.704 bits per heavy atom. The zero-order valence-electron chi connectivity index (χ0n) is 19.5. The molecule has 0 saturated heterocycles. The van der Waals surface area contributed by atoms with Gasteiger partial charge in [-0.2, -0.15) is 0 Å². The van der Waals surface area contributed by atoms with Crippen molar-refractivity contribution in [3.8, 4) is 0 Å². The molecular weight excluding hydrogens is 415 g/mol. The van der Waals surface area contributed by atoms with Crippen molar-refractivity contribution in [1.29, 1.82) is 0 Å². The van der Waals surface area contributed by atoms with E-state index in [0.29, 0.717) is 0 Å². The number of unbranched alkanes of at least 4 members (excludes halogenated alkanes) is 15. The Morgan fingerprint density at radius 3 is 0.963 bits per heavy atom. The van der Waals surface area contributed by atoms with Crippen molar-refractivity contribution < 1.29 is 5.48 Å². The van der Waals surface area contributed by atoms with Gasteiger partial charge in [-0.25, -0.2) is 0 Å². The third-order valence-corrected chi connectivity index (χ3v) is 18.7. The Kier molecular flexibility index (Phi) is 21.0. The van der Waals surface area contributed by atoms with Crippen molar-refractivity contribution >= 4 is 20.8 Å². The monoisotopic (exact) mass is 468 g/mol. The second kappa shape index (κ2) is 18.9. The summed E-state index contributed by atoms with van der Waals surface area (Å²) in [6, 6.07) is 0. The first kappa shape index (κ1) is 30.1. The molecule has 0 fully saturated rings. The molecule has 27 heavy (non-hydrogen) atoms. The van der Waals surface area contributed by atoms with E-state index in [2.05, 4.69) is 43.2 Å². The normalized spacial score (nSPS) is 13.1. The molecule has 168 valence electrons. The molecule has 0 bridgehead atoms. The molecule has 0 aromatic rings. The van der Waals surface area contributed by atoms with Gasteiger partial charge in [-0.05, 0) is 0 Å². The van der Waals surface area contributed by atoms with Crippen molar-refractivity contribution in [2.24, 2.45) is 0 Å². The first-order chi connectivity index (χ1) is 12.5. The molecule has 0 amide bonds. The van der Waals surface area contributed by atoms with Gasteiger partial charge < -0.3 is 5.48 Å². The first-order valence-corrected chi connectivity index (χ1v) is 17.3. The van der Waals surface area contributed by atoms with Crippen molar-refractivity contribution in [2.45, 2.75) is 130 Å². The van der Waals surface area contributed by atoms with E-state index in [9.17, 15) is 0 Å². The van der Waals surface area contributed by atoms with Gasteiger partial charge in [0.25, 0.3) is 0 Å². The van der Waals surface area contributed by atoms with Crippen LogP contribution in [0.3, 0.4) is 0 Å². The Balaban J connectivity index is 0. The summed E-state index contributed by atoms with van der Waals surface area (Å²) in [7, 11) is 0. The smallest absolute Gasteiger partial charge is 0.412 e.